The third-order valence-corrected chi connectivity index (χ3v) is 4.13. The number of halogens is 1. The van der Waals surface area contributed by atoms with Gasteiger partial charge in [0.25, 0.3) is 0 Å². The van der Waals surface area contributed by atoms with Gasteiger partial charge in [0, 0.05) is 0 Å². The van der Waals surface area contributed by atoms with Crippen LogP contribution in [0.25, 0.3) is 0 Å². The van der Waals surface area contributed by atoms with Crippen LogP contribution in [0, 0.1) is 0 Å². The van der Waals surface area contributed by atoms with Crippen LogP contribution in [-0.4, -0.2) is 6.54 Å². The number of hydrogen-bond donors (Lipinski definition) is 1. The van der Waals surface area contributed by atoms with Crippen LogP contribution in [0.4, 0.5) is 0 Å². The van der Waals surface area contributed by atoms with Crippen LogP contribution in [0.15, 0.2) is 16.5 Å². The Labute approximate surface area is 135 Å². The maximum absolute atomic E-state index is 5.89. The molecule has 1 N–H and O–H groups in total. The Morgan fingerprint density at radius 1 is 0.952 bits per heavy atom. The van der Waals surface area contributed by atoms with E-state index in [4.69, 9.17) is 16.0 Å². The summed E-state index contributed by atoms with van der Waals surface area (Å²) in [5.74, 6) is 0.983. The predicted molar refractivity (Wildman–Crippen MR) is 92.0 cm³/mol. The minimum absolute atomic E-state index is 0.317. The molecule has 1 aromatic heterocycles. The van der Waals surface area contributed by atoms with Gasteiger partial charge in [0.1, 0.15) is 5.76 Å². The minimum Gasteiger partial charge on any atom is -0.448 e. The maximum atomic E-state index is 5.89. The van der Waals surface area contributed by atoms with Crippen molar-refractivity contribution < 1.29 is 4.42 Å². The zero-order valence-electron chi connectivity index (χ0n) is 13.8. The third kappa shape index (κ3) is 8.53. The summed E-state index contributed by atoms with van der Waals surface area (Å²) in [5, 5.41) is 4.06. The monoisotopic (exact) mass is 313 g/mol. The zero-order valence-corrected chi connectivity index (χ0v) is 14.6. The van der Waals surface area contributed by atoms with E-state index in [1.807, 2.05) is 12.1 Å². The number of nitrogens with one attached hydrogen (secondary N) is 1. The largest absolute Gasteiger partial charge is 0.448 e. The summed E-state index contributed by atoms with van der Waals surface area (Å²) in [4.78, 5) is 0. The highest BCUT2D eigenvalue weighted by Crippen LogP contribution is 2.24. The van der Waals surface area contributed by atoms with Crippen molar-refractivity contribution in [2.75, 3.05) is 6.54 Å². The molecule has 0 amide bonds. The number of unbranched alkanes of at least 4 members (excludes halogenated alkanes) is 7. The van der Waals surface area contributed by atoms with E-state index < -0.39 is 0 Å². The van der Waals surface area contributed by atoms with E-state index in [2.05, 4.69) is 19.2 Å². The van der Waals surface area contributed by atoms with Crippen molar-refractivity contribution in [3.63, 3.8) is 0 Å². The van der Waals surface area contributed by atoms with Gasteiger partial charge in [-0.2, -0.15) is 0 Å². The molecule has 1 rings (SSSR count). The highest BCUT2D eigenvalue weighted by molar-refractivity contribution is 6.28. The Bertz CT molecular complexity index is 351. The van der Waals surface area contributed by atoms with Gasteiger partial charge in [-0.15, -0.1) is 0 Å². The van der Waals surface area contributed by atoms with Gasteiger partial charge in [-0.3, -0.25) is 0 Å². The van der Waals surface area contributed by atoms with Crippen molar-refractivity contribution in [2.24, 2.45) is 0 Å². The minimum atomic E-state index is 0.317. The average Bonchev–Trinajstić information content (AvgIpc) is 2.91. The SMILES string of the molecule is CCCCCCCCCCC(NCCC)c1ccc(Cl)o1. The Hall–Kier alpha value is -0.470. The molecular weight excluding hydrogens is 282 g/mol. The van der Waals surface area contributed by atoms with Gasteiger partial charge in [0.15, 0.2) is 5.22 Å². The lowest BCUT2D eigenvalue weighted by molar-refractivity contribution is 0.384. The average molecular weight is 314 g/mol. The molecule has 0 radical (unpaired) electrons. The van der Waals surface area contributed by atoms with Crippen molar-refractivity contribution in [2.45, 2.75) is 84.1 Å². The zero-order chi connectivity index (χ0) is 15.3. The van der Waals surface area contributed by atoms with Gasteiger partial charge >= 0.3 is 0 Å². The number of hydrogen-bond acceptors (Lipinski definition) is 2. The molecule has 0 aliphatic heterocycles. The highest BCUT2D eigenvalue weighted by atomic mass is 35.5. The molecule has 2 nitrogen and oxygen atoms in total. The Morgan fingerprint density at radius 2 is 1.62 bits per heavy atom. The molecule has 1 unspecified atom stereocenters. The molecule has 0 aliphatic rings. The molecule has 0 bridgehead atoms. The first-order valence-corrected chi connectivity index (χ1v) is 9.14. The van der Waals surface area contributed by atoms with Gasteiger partial charge in [-0.05, 0) is 43.1 Å². The molecule has 0 fully saturated rings. The van der Waals surface area contributed by atoms with E-state index in [9.17, 15) is 0 Å². The Morgan fingerprint density at radius 3 is 2.19 bits per heavy atom. The summed E-state index contributed by atoms with van der Waals surface area (Å²) in [6.07, 6.45) is 13.1. The van der Waals surface area contributed by atoms with Gasteiger partial charge in [0.05, 0.1) is 6.04 Å². The van der Waals surface area contributed by atoms with E-state index >= 15 is 0 Å². The fraction of sp³-hybridized carbons (Fsp3) is 0.778. The van der Waals surface area contributed by atoms with Crippen LogP contribution in [-0.2, 0) is 0 Å². The predicted octanol–water partition coefficient (Wildman–Crippen LogP) is 6.50. The number of furan rings is 1. The lowest BCUT2D eigenvalue weighted by Gasteiger charge is -2.16. The van der Waals surface area contributed by atoms with Crippen molar-refractivity contribution in [3.8, 4) is 0 Å². The quantitative estimate of drug-likeness (QED) is 0.420. The Kier molecular flexibility index (Phi) is 10.7. The molecular formula is C18H32ClNO. The van der Waals surface area contributed by atoms with E-state index in [1.54, 1.807) is 0 Å². The van der Waals surface area contributed by atoms with Crippen LogP contribution in [0.3, 0.4) is 0 Å². The highest BCUT2D eigenvalue weighted by Gasteiger charge is 2.14. The summed E-state index contributed by atoms with van der Waals surface area (Å²) in [6.45, 7) is 5.49. The van der Waals surface area contributed by atoms with Crippen molar-refractivity contribution in [1.29, 1.82) is 0 Å². The second-order valence-corrected chi connectivity index (χ2v) is 6.28. The second kappa shape index (κ2) is 12.1. The molecule has 0 aromatic carbocycles. The normalized spacial score (nSPS) is 12.7. The van der Waals surface area contributed by atoms with Gasteiger partial charge in [0.2, 0.25) is 0 Å². The number of rotatable bonds is 13. The molecule has 0 spiro atoms. The maximum Gasteiger partial charge on any atom is 0.193 e. The van der Waals surface area contributed by atoms with E-state index in [0.717, 1.165) is 25.1 Å². The third-order valence-electron chi connectivity index (χ3n) is 3.92. The van der Waals surface area contributed by atoms with Crippen LogP contribution >= 0.6 is 11.6 Å². The van der Waals surface area contributed by atoms with Crippen LogP contribution in [0.2, 0.25) is 5.22 Å². The van der Waals surface area contributed by atoms with E-state index in [0.29, 0.717) is 11.3 Å². The fourth-order valence-electron chi connectivity index (χ4n) is 2.66. The molecule has 1 atom stereocenters. The first kappa shape index (κ1) is 18.6. The van der Waals surface area contributed by atoms with Crippen LogP contribution in [0.5, 0.6) is 0 Å². The summed E-state index contributed by atoms with van der Waals surface area (Å²) in [5.41, 5.74) is 0. The standard InChI is InChI=1S/C18H32ClNO/c1-3-5-6-7-8-9-10-11-12-16(20-15-4-2)17-13-14-18(19)21-17/h13-14,16,20H,3-12,15H2,1-2H3. The van der Waals surface area contributed by atoms with Gasteiger partial charge < -0.3 is 9.73 Å². The van der Waals surface area contributed by atoms with Gasteiger partial charge in [-0.1, -0.05) is 65.2 Å². The molecule has 1 heterocycles. The van der Waals surface area contributed by atoms with Gasteiger partial charge in [-0.25, -0.2) is 0 Å². The Balaban J connectivity index is 2.18. The summed E-state index contributed by atoms with van der Waals surface area (Å²) in [6, 6.07) is 4.16. The smallest absolute Gasteiger partial charge is 0.193 e. The van der Waals surface area contributed by atoms with Crippen molar-refractivity contribution >= 4 is 11.6 Å². The first-order valence-electron chi connectivity index (χ1n) is 8.76. The summed E-state index contributed by atoms with van der Waals surface area (Å²) >= 11 is 5.89. The second-order valence-electron chi connectivity index (χ2n) is 5.91. The van der Waals surface area contributed by atoms with Crippen LogP contribution in [0.1, 0.15) is 89.9 Å². The first-order chi connectivity index (χ1) is 10.3. The molecule has 0 aliphatic carbocycles. The molecule has 122 valence electrons. The molecule has 3 heteroatoms. The van der Waals surface area contributed by atoms with Crippen molar-refractivity contribution in [1.82, 2.24) is 5.32 Å². The fourth-order valence-corrected chi connectivity index (χ4v) is 2.81. The summed E-state index contributed by atoms with van der Waals surface area (Å²) in [7, 11) is 0. The lowest BCUT2D eigenvalue weighted by atomic mass is 10.0. The van der Waals surface area contributed by atoms with E-state index in [1.165, 1.54) is 51.4 Å². The molecule has 0 saturated heterocycles. The molecule has 21 heavy (non-hydrogen) atoms. The molecule has 1 aromatic rings. The van der Waals surface area contributed by atoms with E-state index in [-0.39, 0.29) is 0 Å². The van der Waals surface area contributed by atoms with Crippen molar-refractivity contribution in [3.05, 3.63) is 23.1 Å². The molecule has 0 saturated carbocycles. The van der Waals surface area contributed by atoms with Crippen LogP contribution < -0.4 is 5.32 Å². The lowest BCUT2D eigenvalue weighted by Crippen LogP contribution is -2.21. The topological polar surface area (TPSA) is 25.2 Å². The summed E-state index contributed by atoms with van der Waals surface area (Å²) < 4.78 is 5.57.